The Balaban J connectivity index is 3.29. The number of benzene rings is 1. The summed E-state index contributed by atoms with van der Waals surface area (Å²) in [4.78, 5) is 2.98. The molecule has 184 valence electrons. The molecule has 1 aromatic rings. The Labute approximate surface area is 210 Å². The van der Waals surface area contributed by atoms with Crippen molar-refractivity contribution in [3.05, 3.63) is 29.3 Å². The number of unbranched alkanes of at least 4 members (excludes halogenated alkanes) is 6. The number of rotatable bonds is 15. The molecule has 0 spiro atoms. The minimum absolute atomic E-state index is 0.176. The van der Waals surface area contributed by atoms with E-state index < -0.39 is 0 Å². The predicted octanol–water partition coefficient (Wildman–Crippen LogP) is 11.0. The first-order valence-electron chi connectivity index (χ1n) is 13.2. The van der Waals surface area contributed by atoms with E-state index >= 15 is 0 Å². The van der Waals surface area contributed by atoms with Crippen molar-refractivity contribution in [2.75, 3.05) is 11.5 Å². The van der Waals surface area contributed by atoms with Crippen molar-refractivity contribution in [3.63, 3.8) is 0 Å². The molecule has 0 unspecified atom stereocenters. The fraction of sp³-hybridized carbons (Fsp3) is 0.733. The average molecular weight is 477 g/mol. The molecule has 2 heteroatoms. The third-order valence-corrected chi connectivity index (χ3v) is 8.82. The van der Waals surface area contributed by atoms with Crippen molar-refractivity contribution < 1.29 is 0 Å². The van der Waals surface area contributed by atoms with Gasteiger partial charge in [0.05, 0.1) is 0 Å². The smallest absolute Gasteiger partial charge is 0.0148 e. The van der Waals surface area contributed by atoms with Crippen molar-refractivity contribution in [2.24, 2.45) is 11.3 Å². The summed E-state index contributed by atoms with van der Waals surface area (Å²) in [7, 11) is 0. The van der Waals surface area contributed by atoms with Crippen LogP contribution in [0, 0.1) is 11.3 Å². The molecule has 0 fully saturated rings. The van der Waals surface area contributed by atoms with Gasteiger partial charge in [-0.3, -0.25) is 0 Å². The van der Waals surface area contributed by atoms with Gasteiger partial charge in [0.25, 0.3) is 0 Å². The zero-order valence-electron chi connectivity index (χ0n) is 22.8. The van der Waals surface area contributed by atoms with E-state index in [9.17, 15) is 0 Å². The summed E-state index contributed by atoms with van der Waals surface area (Å²) < 4.78 is 0. The number of hydrogen-bond acceptors (Lipinski definition) is 2. The van der Waals surface area contributed by atoms with Crippen LogP contribution in [0.15, 0.2) is 28.0 Å². The molecule has 0 aliphatic heterocycles. The van der Waals surface area contributed by atoms with Crippen LogP contribution in [-0.4, -0.2) is 11.5 Å². The standard InChI is InChI=1S/C30H52S2/c1-10-12-14-16-20-31-27-23-26(30(8,9)24(3)4)28(32-21-17-15-13-11-2)22-25(27)18-19-29(5,6)7/h18-19,22-24H,10-17,20-21H2,1-9H3/b19-18+. The van der Waals surface area contributed by atoms with Gasteiger partial charge in [-0.1, -0.05) is 113 Å². The molecule has 0 saturated carbocycles. The molecule has 0 aliphatic rings. The van der Waals surface area contributed by atoms with E-state index in [0.29, 0.717) is 5.92 Å². The van der Waals surface area contributed by atoms with Crippen LogP contribution in [0.3, 0.4) is 0 Å². The van der Waals surface area contributed by atoms with E-state index in [-0.39, 0.29) is 10.8 Å². The summed E-state index contributed by atoms with van der Waals surface area (Å²) in [6.45, 7) is 21.1. The van der Waals surface area contributed by atoms with Crippen LogP contribution in [-0.2, 0) is 5.41 Å². The number of thioether (sulfide) groups is 2. The first-order chi connectivity index (χ1) is 15.0. The topological polar surface area (TPSA) is 0 Å². The average Bonchev–Trinajstić information content (AvgIpc) is 2.71. The van der Waals surface area contributed by atoms with E-state index in [1.807, 2.05) is 0 Å². The monoisotopic (exact) mass is 476 g/mol. The molecule has 1 rings (SSSR count). The Bertz CT molecular complexity index is 677. The van der Waals surface area contributed by atoms with Gasteiger partial charge in [0, 0.05) is 9.79 Å². The van der Waals surface area contributed by atoms with E-state index in [4.69, 9.17) is 0 Å². The molecule has 0 N–H and O–H groups in total. The van der Waals surface area contributed by atoms with Crippen LogP contribution in [0.25, 0.3) is 6.08 Å². The van der Waals surface area contributed by atoms with Gasteiger partial charge in [0.2, 0.25) is 0 Å². The zero-order valence-corrected chi connectivity index (χ0v) is 24.4. The molecule has 0 aromatic heterocycles. The van der Waals surface area contributed by atoms with Crippen LogP contribution >= 0.6 is 23.5 Å². The third-order valence-electron chi connectivity index (χ3n) is 6.52. The lowest BCUT2D eigenvalue weighted by Crippen LogP contribution is -2.25. The number of allylic oxidation sites excluding steroid dienone is 1. The lowest BCUT2D eigenvalue weighted by atomic mass is 9.75. The molecule has 32 heavy (non-hydrogen) atoms. The SMILES string of the molecule is CCCCCCSc1cc(C(C)(C)C(C)C)c(SCCCCCC)cc1/C=C/C(C)(C)C. The van der Waals surface area contributed by atoms with Gasteiger partial charge in [0.1, 0.15) is 0 Å². The lowest BCUT2D eigenvalue weighted by Gasteiger charge is -2.33. The largest absolute Gasteiger partial charge is 0.126 e. The molecule has 0 radical (unpaired) electrons. The second-order valence-corrected chi connectivity index (χ2v) is 13.6. The highest BCUT2D eigenvalue weighted by Gasteiger charge is 2.28. The Kier molecular flexibility index (Phi) is 13.8. The first kappa shape index (κ1) is 29.7. The van der Waals surface area contributed by atoms with E-state index in [2.05, 4.69) is 110 Å². The molecule has 0 atom stereocenters. The Morgan fingerprint density at radius 3 is 1.75 bits per heavy atom. The number of hydrogen-bond donors (Lipinski definition) is 0. The van der Waals surface area contributed by atoms with Crippen LogP contribution in [0.5, 0.6) is 0 Å². The van der Waals surface area contributed by atoms with Gasteiger partial charge >= 0.3 is 0 Å². The molecular formula is C30H52S2. The Hall–Kier alpha value is -0.340. The van der Waals surface area contributed by atoms with E-state index in [1.165, 1.54) is 78.2 Å². The van der Waals surface area contributed by atoms with Crippen molar-refractivity contribution in [1.82, 2.24) is 0 Å². The van der Waals surface area contributed by atoms with Crippen LogP contribution in [0.2, 0.25) is 0 Å². The van der Waals surface area contributed by atoms with Gasteiger partial charge < -0.3 is 0 Å². The lowest BCUT2D eigenvalue weighted by molar-refractivity contribution is 0.366. The highest BCUT2D eigenvalue weighted by molar-refractivity contribution is 7.99. The fourth-order valence-corrected chi connectivity index (χ4v) is 5.85. The third kappa shape index (κ3) is 10.7. The first-order valence-corrected chi connectivity index (χ1v) is 15.1. The second-order valence-electron chi connectivity index (χ2n) is 11.3. The fourth-order valence-electron chi connectivity index (χ4n) is 3.53. The summed E-state index contributed by atoms with van der Waals surface area (Å²) in [5.41, 5.74) is 3.35. The van der Waals surface area contributed by atoms with Crippen molar-refractivity contribution in [1.29, 1.82) is 0 Å². The molecule has 1 aromatic carbocycles. The summed E-state index contributed by atoms with van der Waals surface area (Å²) in [5.74, 6) is 3.06. The van der Waals surface area contributed by atoms with Gasteiger partial charge in [-0.25, -0.2) is 0 Å². The Morgan fingerprint density at radius 1 is 0.750 bits per heavy atom. The maximum absolute atomic E-state index is 2.56. The molecule has 0 amide bonds. The highest BCUT2D eigenvalue weighted by Crippen LogP contribution is 2.42. The quantitative estimate of drug-likeness (QED) is 0.182. The minimum Gasteiger partial charge on any atom is -0.126 e. The predicted molar refractivity (Wildman–Crippen MR) is 153 cm³/mol. The van der Waals surface area contributed by atoms with Gasteiger partial charge in [-0.15, -0.1) is 23.5 Å². The van der Waals surface area contributed by atoms with Gasteiger partial charge in [-0.2, -0.15) is 0 Å². The molecule has 0 heterocycles. The summed E-state index contributed by atoms with van der Waals surface area (Å²) in [6.07, 6.45) is 15.5. The van der Waals surface area contributed by atoms with Crippen molar-refractivity contribution in [3.8, 4) is 0 Å². The highest BCUT2D eigenvalue weighted by atomic mass is 32.2. The molecule has 0 aliphatic carbocycles. The summed E-state index contributed by atoms with van der Waals surface area (Å²) in [6, 6.07) is 5.07. The maximum atomic E-state index is 2.56. The van der Waals surface area contributed by atoms with E-state index in [1.54, 1.807) is 5.56 Å². The maximum Gasteiger partial charge on any atom is 0.0148 e. The summed E-state index contributed by atoms with van der Waals surface area (Å²) >= 11 is 4.16. The minimum atomic E-state index is 0.176. The van der Waals surface area contributed by atoms with Crippen LogP contribution in [0.1, 0.15) is 125 Å². The van der Waals surface area contributed by atoms with E-state index in [0.717, 1.165) is 0 Å². The van der Waals surface area contributed by atoms with Crippen LogP contribution < -0.4 is 0 Å². The van der Waals surface area contributed by atoms with Crippen LogP contribution in [0.4, 0.5) is 0 Å². The molecule has 0 nitrogen and oxygen atoms in total. The second kappa shape index (κ2) is 14.8. The molecule has 0 bridgehead atoms. The summed E-state index contributed by atoms with van der Waals surface area (Å²) in [5, 5.41) is 0. The molecular weight excluding hydrogens is 424 g/mol. The van der Waals surface area contributed by atoms with Gasteiger partial charge in [0.15, 0.2) is 0 Å². The zero-order chi connectivity index (χ0) is 24.2. The Morgan fingerprint density at radius 2 is 1.28 bits per heavy atom. The van der Waals surface area contributed by atoms with Gasteiger partial charge in [-0.05, 0) is 64.4 Å². The van der Waals surface area contributed by atoms with Crippen molar-refractivity contribution >= 4 is 29.6 Å². The molecule has 0 saturated heterocycles. The normalized spacial score (nSPS) is 12.9. The van der Waals surface area contributed by atoms with Crippen molar-refractivity contribution in [2.45, 2.75) is 129 Å².